The van der Waals surface area contributed by atoms with Crippen LogP contribution in [0.1, 0.15) is 6.92 Å². The number of benzene rings is 1. The van der Waals surface area contributed by atoms with Gasteiger partial charge in [0.1, 0.15) is 10.8 Å². The van der Waals surface area contributed by atoms with Gasteiger partial charge in [-0.1, -0.05) is 30.0 Å². The highest BCUT2D eigenvalue weighted by Crippen LogP contribution is 2.30. The summed E-state index contributed by atoms with van der Waals surface area (Å²) in [5.74, 6) is 2.26. The normalized spacial score (nSPS) is 17.0. The van der Waals surface area contributed by atoms with Crippen LogP contribution in [-0.4, -0.2) is 50.2 Å². The molecule has 146 valence electrons. The fraction of sp³-hybridized carbons (Fsp3) is 0.238. The van der Waals surface area contributed by atoms with Crippen molar-refractivity contribution < 1.29 is 0 Å². The molecule has 29 heavy (non-hydrogen) atoms. The molecular formula is C21H21N7S. The predicted molar refractivity (Wildman–Crippen MR) is 114 cm³/mol. The molecule has 0 spiro atoms. The molecular weight excluding hydrogens is 382 g/mol. The van der Waals surface area contributed by atoms with Crippen molar-refractivity contribution in [2.24, 2.45) is 0 Å². The minimum absolute atomic E-state index is 0.415. The Morgan fingerprint density at radius 2 is 2.00 bits per heavy atom. The Kier molecular flexibility index (Phi) is 4.87. The van der Waals surface area contributed by atoms with E-state index in [-0.39, 0.29) is 0 Å². The largest absolute Gasteiger partial charge is 0.354 e. The van der Waals surface area contributed by atoms with Gasteiger partial charge in [0.15, 0.2) is 5.82 Å². The second-order valence-electron chi connectivity index (χ2n) is 7.06. The molecule has 0 aliphatic carbocycles. The van der Waals surface area contributed by atoms with Crippen molar-refractivity contribution in [3.05, 3.63) is 60.9 Å². The molecule has 4 aromatic rings. The number of pyridine rings is 1. The van der Waals surface area contributed by atoms with Gasteiger partial charge in [-0.3, -0.25) is 4.98 Å². The van der Waals surface area contributed by atoms with Crippen LogP contribution in [0.3, 0.4) is 0 Å². The molecule has 7 nitrogen and oxygen atoms in total. The summed E-state index contributed by atoms with van der Waals surface area (Å²) in [6.45, 7) is 4.97. The number of nitrogens with one attached hydrogen (secondary N) is 1. The molecule has 1 aliphatic heterocycles. The fourth-order valence-corrected chi connectivity index (χ4v) is 4.30. The van der Waals surface area contributed by atoms with Gasteiger partial charge in [0.05, 0.1) is 0 Å². The Morgan fingerprint density at radius 3 is 2.79 bits per heavy atom. The van der Waals surface area contributed by atoms with Crippen molar-refractivity contribution in [2.45, 2.75) is 22.9 Å². The highest BCUT2D eigenvalue weighted by molar-refractivity contribution is 7.99. The molecule has 1 N–H and O–H groups in total. The monoisotopic (exact) mass is 403 g/mol. The van der Waals surface area contributed by atoms with Crippen LogP contribution in [0.2, 0.25) is 0 Å². The molecule has 1 atom stereocenters. The van der Waals surface area contributed by atoms with E-state index in [0.29, 0.717) is 17.6 Å². The number of rotatable bonds is 4. The van der Waals surface area contributed by atoms with Crippen molar-refractivity contribution in [1.82, 2.24) is 29.9 Å². The van der Waals surface area contributed by atoms with Crippen molar-refractivity contribution in [1.29, 1.82) is 0 Å². The first-order valence-electron chi connectivity index (χ1n) is 9.66. The quantitative estimate of drug-likeness (QED) is 0.525. The Labute approximate surface area is 173 Å². The van der Waals surface area contributed by atoms with E-state index in [9.17, 15) is 0 Å². The summed E-state index contributed by atoms with van der Waals surface area (Å²) in [5, 5.41) is 9.17. The number of nitrogens with zero attached hydrogens (tertiary/aromatic N) is 6. The van der Waals surface area contributed by atoms with Gasteiger partial charge in [-0.25, -0.2) is 4.98 Å². The molecule has 0 radical (unpaired) electrons. The molecule has 5 rings (SSSR count). The van der Waals surface area contributed by atoms with E-state index in [1.807, 2.05) is 34.8 Å². The molecule has 1 aromatic carbocycles. The van der Waals surface area contributed by atoms with Gasteiger partial charge >= 0.3 is 0 Å². The first-order valence-corrected chi connectivity index (χ1v) is 10.5. The zero-order valence-corrected chi connectivity index (χ0v) is 16.9. The first-order chi connectivity index (χ1) is 14.3. The summed E-state index contributed by atoms with van der Waals surface area (Å²) in [7, 11) is 0. The van der Waals surface area contributed by atoms with Gasteiger partial charge in [0.2, 0.25) is 0 Å². The zero-order chi connectivity index (χ0) is 19.6. The van der Waals surface area contributed by atoms with Crippen LogP contribution < -0.4 is 10.2 Å². The summed E-state index contributed by atoms with van der Waals surface area (Å²) >= 11 is 1.64. The number of anilines is 1. The summed E-state index contributed by atoms with van der Waals surface area (Å²) in [6, 6.07) is 16.7. The van der Waals surface area contributed by atoms with Crippen molar-refractivity contribution in [3.63, 3.8) is 0 Å². The maximum absolute atomic E-state index is 4.78. The van der Waals surface area contributed by atoms with E-state index in [1.165, 1.54) is 0 Å². The van der Waals surface area contributed by atoms with Crippen LogP contribution in [0, 0.1) is 0 Å². The average Bonchev–Trinajstić information content (AvgIpc) is 3.19. The second-order valence-corrected chi connectivity index (χ2v) is 8.15. The van der Waals surface area contributed by atoms with E-state index < -0.39 is 0 Å². The van der Waals surface area contributed by atoms with Gasteiger partial charge in [0.25, 0.3) is 5.78 Å². The van der Waals surface area contributed by atoms with Crippen LogP contribution in [0.4, 0.5) is 5.82 Å². The molecule has 1 unspecified atom stereocenters. The number of fused-ring (bicyclic) bond motifs is 1. The van der Waals surface area contributed by atoms with Crippen LogP contribution >= 0.6 is 11.8 Å². The minimum Gasteiger partial charge on any atom is -0.354 e. The number of piperazine rings is 1. The number of hydrogen-bond acceptors (Lipinski definition) is 7. The minimum atomic E-state index is 0.415. The van der Waals surface area contributed by atoms with Crippen LogP contribution in [0.25, 0.3) is 17.2 Å². The van der Waals surface area contributed by atoms with Crippen LogP contribution in [0.15, 0.2) is 70.8 Å². The lowest BCUT2D eigenvalue weighted by molar-refractivity contribution is 0.479. The van der Waals surface area contributed by atoms with Gasteiger partial charge in [-0.05, 0) is 31.2 Å². The van der Waals surface area contributed by atoms with Crippen LogP contribution in [-0.2, 0) is 0 Å². The Balaban J connectivity index is 1.61. The maximum atomic E-state index is 4.78. The van der Waals surface area contributed by atoms with E-state index in [1.54, 1.807) is 24.2 Å². The van der Waals surface area contributed by atoms with Crippen LogP contribution in [0.5, 0.6) is 0 Å². The van der Waals surface area contributed by atoms with Gasteiger partial charge in [0, 0.05) is 54.6 Å². The topological polar surface area (TPSA) is 71.2 Å². The Morgan fingerprint density at radius 1 is 1.10 bits per heavy atom. The molecule has 0 saturated carbocycles. The fourth-order valence-electron chi connectivity index (χ4n) is 3.48. The Bertz CT molecular complexity index is 1110. The van der Waals surface area contributed by atoms with Crippen molar-refractivity contribution >= 4 is 23.4 Å². The molecule has 0 bridgehead atoms. The van der Waals surface area contributed by atoms with Crippen molar-refractivity contribution in [2.75, 3.05) is 24.5 Å². The average molecular weight is 404 g/mol. The van der Waals surface area contributed by atoms with Gasteiger partial charge in [-0.15, -0.1) is 5.10 Å². The Hall–Kier alpha value is -2.97. The third-order valence-electron chi connectivity index (χ3n) is 4.85. The molecule has 0 amide bonds. The lowest BCUT2D eigenvalue weighted by Crippen LogP contribution is -2.49. The SMILES string of the molecule is CC1CN(c2cc(Sc3ccccc3)nc3nc(-c4cccnc4)nn23)CCN1. The summed E-state index contributed by atoms with van der Waals surface area (Å²) in [4.78, 5) is 17.2. The summed E-state index contributed by atoms with van der Waals surface area (Å²) in [5.41, 5.74) is 0.884. The molecule has 1 saturated heterocycles. The first kappa shape index (κ1) is 18.1. The molecule has 1 fully saturated rings. The lowest BCUT2D eigenvalue weighted by Gasteiger charge is -2.33. The van der Waals surface area contributed by atoms with E-state index in [2.05, 4.69) is 40.3 Å². The molecule has 1 aliphatic rings. The molecule has 3 aromatic heterocycles. The highest BCUT2D eigenvalue weighted by atomic mass is 32.2. The molecule has 8 heteroatoms. The third-order valence-corrected chi connectivity index (χ3v) is 5.77. The van der Waals surface area contributed by atoms with E-state index >= 15 is 0 Å². The summed E-state index contributed by atoms with van der Waals surface area (Å²) in [6.07, 6.45) is 3.53. The van der Waals surface area contributed by atoms with Gasteiger partial charge in [-0.2, -0.15) is 9.50 Å². The molecule has 4 heterocycles. The predicted octanol–water partition coefficient (Wildman–Crippen LogP) is 3.14. The number of aromatic nitrogens is 5. The lowest BCUT2D eigenvalue weighted by atomic mass is 10.2. The summed E-state index contributed by atoms with van der Waals surface area (Å²) < 4.78 is 1.86. The van der Waals surface area contributed by atoms with E-state index in [0.717, 1.165) is 40.9 Å². The maximum Gasteiger partial charge on any atom is 0.255 e. The van der Waals surface area contributed by atoms with Crippen molar-refractivity contribution in [3.8, 4) is 11.4 Å². The smallest absolute Gasteiger partial charge is 0.255 e. The van der Waals surface area contributed by atoms with E-state index in [4.69, 9.17) is 15.1 Å². The third kappa shape index (κ3) is 3.81. The van der Waals surface area contributed by atoms with Gasteiger partial charge < -0.3 is 10.2 Å². The second kappa shape index (κ2) is 7.81. The standard InChI is InChI=1S/C21H21N7S/c1-15-14-27(11-10-23-15)19-12-18(29-17-7-3-2-4-8-17)24-21-25-20(26-28(19)21)16-6-5-9-22-13-16/h2-9,12-13,15,23H,10-11,14H2,1H3. The zero-order valence-electron chi connectivity index (χ0n) is 16.1. The highest BCUT2D eigenvalue weighted by Gasteiger charge is 2.21. The number of hydrogen-bond donors (Lipinski definition) is 1.